The lowest BCUT2D eigenvalue weighted by Gasteiger charge is -2.28. The van der Waals surface area contributed by atoms with E-state index in [1.807, 2.05) is 30.3 Å². The van der Waals surface area contributed by atoms with Gasteiger partial charge in [0.1, 0.15) is 5.54 Å². The van der Waals surface area contributed by atoms with Crippen LogP contribution in [0.4, 0.5) is 0 Å². The highest BCUT2D eigenvalue weighted by molar-refractivity contribution is 5.93. The molecule has 2 aromatic rings. The summed E-state index contributed by atoms with van der Waals surface area (Å²) in [6, 6.07) is 10.6. The van der Waals surface area contributed by atoms with Crippen molar-refractivity contribution in [1.82, 2.24) is 10.5 Å². The minimum atomic E-state index is -1.50. The molecule has 2 rings (SSSR count). The highest BCUT2D eigenvalue weighted by Crippen LogP contribution is 2.19. The van der Waals surface area contributed by atoms with Crippen molar-refractivity contribution >= 4 is 5.91 Å². The van der Waals surface area contributed by atoms with Crippen molar-refractivity contribution in [2.75, 3.05) is 19.8 Å². The number of carbonyl (C=O) groups excluding carboxylic acids is 1. The summed E-state index contributed by atoms with van der Waals surface area (Å²) in [5.41, 5.74) is -0.737. The Morgan fingerprint density at radius 3 is 2.33 bits per heavy atom. The minimum absolute atomic E-state index is 0.00595. The second-order valence-electron chi connectivity index (χ2n) is 4.65. The van der Waals surface area contributed by atoms with Crippen LogP contribution >= 0.6 is 0 Å². The number of rotatable bonds is 6. The van der Waals surface area contributed by atoms with E-state index < -0.39 is 31.3 Å². The quantitative estimate of drug-likeness (QED) is 0.585. The van der Waals surface area contributed by atoms with Gasteiger partial charge in [-0.3, -0.25) is 4.79 Å². The van der Waals surface area contributed by atoms with Gasteiger partial charge in [0.2, 0.25) is 0 Å². The molecule has 0 atom stereocenters. The topological polar surface area (TPSA) is 116 Å². The van der Waals surface area contributed by atoms with E-state index in [1.165, 1.54) is 6.07 Å². The Morgan fingerprint density at radius 1 is 1.14 bits per heavy atom. The molecule has 0 aliphatic rings. The SMILES string of the molecule is O=C(NC(CO)(CO)CO)c1cc(-c2ccccc2)on1. The summed E-state index contributed by atoms with van der Waals surface area (Å²) in [5, 5.41) is 33.5. The van der Waals surface area contributed by atoms with Gasteiger partial charge in [0.25, 0.3) is 5.91 Å². The first-order valence-electron chi connectivity index (χ1n) is 6.31. The maximum absolute atomic E-state index is 12.0. The molecule has 0 bridgehead atoms. The van der Waals surface area contributed by atoms with Gasteiger partial charge in [0.15, 0.2) is 11.5 Å². The third kappa shape index (κ3) is 3.27. The molecule has 21 heavy (non-hydrogen) atoms. The monoisotopic (exact) mass is 292 g/mol. The minimum Gasteiger partial charge on any atom is -0.394 e. The van der Waals surface area contributed by atoms with E-state index in [9.17, 15) is 20.1 Å². The van der Waals surface area contributed by atoms with E-state index in [4.69, 9.17) is 4.52 Å². The maximum Gasteiger partial charge on any atom is 0.274 e. The predicted molar refractivity (Wildman–Crippen MR) is 73.4 cm³/mol. The lowest BCUT2D eigenvalue weighted by Crippen LogP contribution is -2.57. The number of hydrogen-bond donors (Lipinski definition) is 4. The molecule has 0 aliphatic carbocycles. The molecule has 7 heteroatoms. The number of hydrogen-bond acceptors (Lipinski definition) is 6. The van der Waals surface area contributed by atoms with Crippen LogP contribution in [0.3, 0.4) is 0 Å². The maximum atomic E-state index is 12.0. The molecule has 112 valence electrons. The summed E-state index contributed by atoms with van der Waals surface area (Å²) in [6.07, 6.45) is 0. The fourth-order valence-corrected chi connectivity index (χ4v) is 1.69. The number of carbonyl (C=O) groups is 1. The second-order valence-corrected chi connectivity index (χ2v) is 4.65. The van der Waals surface area contributed by atoms with Gasteiger partial charge in [-0.15, -0.1) is 0 Å². The molecule has 4 N–H and O–H groups in total. The van der Waals surface area contributed by atoms with Gasteiger partial charge in [-0.05, 0) is 0 Å². The van der Waals surface area contributed by atoms with Gasteiger partial charge < -0.3 is 25.2 Å². The Balaban J connectivity index is 2.16. The van der Waals surface area contributed by atoms with Gasteiger partial charge in [-0.2, -0.15) is 0 Å². The van der Waals surface area contributed by atoms with Gasteiger partial charge in [0.05, 0.1) is 19.8 Å². The van der Waals surface area contributed by atoms with E-state index in [0.717, 1.165) is 5.56 Å². The zero-order chi connectivity index (χ0) is 15.3. The fourth-order valence-electron chi connectivity index (χ4n) is 1.69. The van der Waals surface area contributed by atoms with Crippen LogP contribution in [0.25, 0.3) is 11.3 Å². The van der Waals surface area contributed by atoms with E-state index in [-0.39, 0.29) is 5.69 Å². The lowest BCUT2D eigenvalue weighted by molar-refractivity contribution is 0.0371. The molecular weight excluding hydrogens is 276 g/mol. The number of aliphatic hydroxyl groups is 3. The molecule has 0 saturated heterocycles. The first kappa shape index (κ1) is 15.2. The molecule has 0 fully saturated rings. The molecule has 1 heterocycles. The molecule has 0 aliphatic heterocycles. The van der Waals surface area contributed by atoms with Crippen LogP contribution in [0.1, 0.15) is 10.5 Å². The highest BCUT2D eigenvalue weighted by atomic mass is 16.5. The first-order chi connectivity index (χ1) is 10.1. The van der Waals surface area contributed by atoms with Crippen molar-refractivity contribution in [1.29, 1.82) is 0 Å². The van der Waals surface area contributed by atoms with E-state index in [2.05, 4.69) is 10.5 Å². The molecule has 1 aromatic heterocycles. The number of benzene rings is 1. The summed E-state index contributed by atoms with van der Waals surface area (Å²) < 4.78 is 5.09. The van der Waals surface area contributed by atoms with Crippen LogP contribution in [0.2, 0.25) is 0 Å². The summed E-state index contributed by atoms with van der Waals surface area (Å²) in [4.78, 5) is 12.0. The highest BCUT2D eigenvalue weighted by Gasteiger charge is 2.31. The Morgan fingerprint density at radius 2 is 1.76 bits per heavy atom. The Labute approximate surface area is 120 Å². The zero-order valence-electron chi connectivity index (χ0n) is 11.2. The third-order valence-corrected chi connectivity index (χ3v) is 3.09. The normalized spacial score (nSPS) is 11.4. The molecule has 0 spiro atoms. The number of aliphatic hydroxyl groups excluding tert-OH is 3. The Hall–Kier alpha value is -2.22. The Bertz CT molecular complexity index is 584. The average molecular weight is 292 g/mol. The molecular formula is C14H16N2O5. The summed E-state index contributed by atoms with van der Waals surface area (Å²) in [7, 11) is 0. The molecule has 1 amide bonds. The Kier molecular flexibility index (Phi) is 4.69. The van der Waals surface area contributed by atoms with E-state index in [0.29, 0.717) is 5.76 Å². The summed E-state index contributed by atoms with van der Waals surface area (Å²) in [5.74, 6) is -0.235. The van der Waals surface area contributed by atoms with Crippen LogP contribution in [-0.4, -0.2) is 51.7 Å². The summed E-state index contributed by atoms with van der Waals surface area (Å²) in [6.45, 7) is -1.81. The van der Waals surface area contributed by atoms with E-state index in [1.54, 1.807) is 0 Å². The van der Waals surface area contributed by atoms with Gasteiger partial charge >= 0.3 is 0 Å². The van der Waals surface area contributed by atoms with Crippen molar-refractivity contribution in [3.63, 3.8) is 0 Å². The van der Waals surface area contributed by atoms with Gasteiger partial charge in [0, 0.05) is 11.6 Å². The molecule has 0 radical (unpaired) electrons. The standard InChI is InChI=1S/C14H16N2O5/c17-7-14(8-18,9-19)15-13(20)11-6-12(21-16-11)10-4-2-1-3-5-10/h1-6,17-19H,7-9H2,(H,15,20). The third-order valence-electron chi connectivity index (χ3n) is 3.09. The predicted octanol–water partition coefficient (Wildman–Crippen LogP) is -0.213. The number of nitrogens with zero attached hydrogens (tertiary/aromatic N) is 1. The van der Waals surface area contributed by atoms with Crippen molar-refractivity contribution in [3.8, 4) is 11.3 Å². The molecule has 0 saturated carbocycles. The van der Waals surface area contributed by atoms with Crippen molar-refractivity contribution in [3.05, 3.63) is 42.1 Å². The average Bonchev–Trinajstić information content (AvgIpc) is 3.04. The van der Waals surface area contributed by atoms with Crippen LogP contribution in [0.15, 0.2) is 40.9 Å². The van der Waals surface area contributed by atoms with Crippen molar-refractivity contribution in [2.24, 2.45) is 0 Å². The van der Waals surface area contributed by atoms with Crippen molar-refractivity contribution < 1.29 is 24.6 Å². The second kappa shape index (κ2) is 6.49. The summed E-state index contributed by atoms with van der Waals surface area (Å²) >= 11 is 0. The molecule has 0 unspecified atom stereocenters. The molecule has 1 aromatic carbocycles. The van der Waals surface area contributed by atoms with Crippen LogP contribution in [0, 0.1) is 0 Å². The number of aromatic nitrogens is 1. The lowest BCUT2D eigenvalue weighted by atomic mass is 10.0. The largest absolute Gasteiger partial charge is 0.394 e. The van der Waals surface area contributed by atoms with Gasteiger partial charge in [-0.25, -0.2) is 0 Å². The number of nitrogens with one attached hydrogen (secondary N) is 1. The first-order valence-corrected chi connectivity index (χ1v) is 6.31. The number of amides is 1. The fraction of sp³-hybridized carbons (Fsp3) is 0.286. The van der Waals surface area contributed by atoms with Gasteiger partial charge in [-0.1, -0.05) is 35.5 Å². The smallest absolute Gasteiger partial charge is 0.274 e. The van der Waals surface area contributed by atoms with Crippen LogP contribution < -0.4 is 5.32 Å². The van der Waals surface area contributed by atoms with Crippen LogP contribution in [0.5, 0.6) is 0 Å². The van der Waals surface area contributed by atoms with E-state index >= 15 is 0 Å². The van der Waals surface area contributed by atoms with Crippen molar-refractivity contribution in [2.45, 2.75) is 5.54 Å². The zero-order valence-corrected chi connectivity index (χ0v) is 11.2. The van der Waals surface area contributed by atoms with Crippen LogP contribution in [-0.2, 0) is 0 Å². The molecule has 7 nitrogen and oxygen atoms in total.